The molecule has 4 nitrogen and oxygen atoms in total. The van der Waals surface area contributed by atoms with Crippen molar-refractivity contribution in [1.29, 1.82) is 0 Å². The number of nitrogens with zero attached hydrogens (tertiary/aromatic N) is 3. The Morgan fingerprint density at radius 1 is 1.21 bits per heavy atom. The van der Waals surface area contributed by atoms with E-state index >= 15 is 0 Å². The maximum absolute atomic E-state index is 13.6. The van der Waals surface area contributed by atoms with E-state index in [0.717, 1.165) is 16.8 Å². The molecule has 7 heteroatoms. The van der Waals surface area contributed by atoms with Crippen LogP contribution < -0.4 is 4.90 Å². The third kappa shape index (κ3) is 2.84. The van der Waals surface area contributed by atoms with E-state index in [1.807, 2.05) is 4.90 Å². The molecule has 2 aliphatic heterocycles. The summed E-state index contributed by atoms with van der Waals surface area (Å²) in [4.78, 5) is 10.6. The van der Waals surface area contributed by atoms with E-state index < -0.39 is 6.17 Å². The zero-order chi connectivity index (χ0) is 16.7. The van der Waals surface area contributed by atoms with Crippen LogP contribution in [0.4, 0.5) is 14.6 Å². The minimum Gasteiger partial charge on any atom is -0.376 e. The Balaban J connectivity index is 1.77. The van der Waals surface area contributed by atoms with E-state index in [1.165, 1.54) is 12.1 Å². The van der Waals surface area contributed by atoms with Crippen molar-refractivity contribution >= 4 is 17.4 Å². The fourth-order valence-corrected chi connectivity index (χ4v) is 3.54. The number of fused-ring (bicyclic) bond motifs is 1. The summed E-state index contributed by atoms with van der Waals surface area (Å²) >= 11 is 6.13. The number of rotatable bonds is 2. The Morgan fingerprint density at radius 2 is 2.00 bits per heavy atom. The molecule has 24 heavy (non-hydrogen) atoms. The average molecular weight is 352 g/mol. The van der Waals surface area contributed by atoms with Crippen LogP contribution in [0.1, 0.15) is 29.2 Å². The zero-order valence-corrected chi connectivity index (χ0v) is 13.6. The van der Waals surface area contributed by atoms with Crippen LogP contribution in [-0.4, -0.2) is 35.8 Å². The maximum atomic E-state index is 13.6. The predicted octanol–water partition coefficient (Wildman–Crippen LogP) is 3.48. The highest BCUT2D eigenvalue weighted by atomic mass is 35.5. The second-order valence-corrected chi connectivity index (χ2v) is 6.47. The number of anilines is 1. The highest BCUT2D eigenvalue weighted by molar-refractivity contribution is 6.28. The number of ether oxygens (including phenoxy) is 1. The van der Waals surface area contributed by atoms with Gasteiger partial charge in [-0.2, -0.15) is 0 Å². The SMILES string of the molecule is Fc1ccc(C2COCc3c2nc(Cl)nc3N2CC[C@@H](F)C2)cc1. The van der Waals surface area contributed by atoms with Gasteiger partial charge in [-0.3, -0.25) is 0 Å². The lowest BCUT2D eigenvalue weighted by Crippen LogP contribution is -2.27. The van der Waals surface area contributed by atoms with Crippen molar-refractivity contribution in [2.24, 2.45) is 0 Å². The first-order valence-electron chi connectivity index (χ1n) is 7.90. The van der Waals surface area contributed by atoms with Crippen molar-refractivity contribution < 1.29 is 13.5 Å². The Morgan fingerprint density at radius 3 is 2.71 bits per heavy atom. The van der Waals surface area contributed by atoms with Crippen molar-refractivity contribution in [2.75, 3.05) is 24.6 Å². The Labute approximate surface area is 143 Å². The van der Waals surface area contributed by atoms with Crippen molar-refractivity contribution in [2.45, 2.75) is 25.1 Å². The summed E-state index contributed by atoms with van der Waals surface area (Å²) < 4.78 is 32.5. The number of hydrogen-bond donors (Lipinski definition) is 0. The van der Waals surface area contributed by atoms with Gasteiger partial charge in [0.2, 0.25) is 5.28 Å². The predicted molar refractivity (Wildman–Crippen MR) is 86.7 cm³/mol. The summed E-state index contributed by atoms with van der Waals surface area (Å²) in [6, 6.07) is 6.28. The Hall–Kier alpha value is -1.79. The van der Waals surface area contributed by atoms with E-state index in [0.29, 0.717) is 38.5 Å². The minimum absolute atomic E-state index is 0.139. The molecule has 2 aromatic rings. The fraction of sp³-hybridized carbons (Fsp3) is 0.412. The van der Waals surface area contributed by atoms with Crippen LogP contribution in [0.3, 0.4) is 0 Å². The number of halogens is 3. The van der Waals surface area contributed by atoms with Crippen molar-refractivity contribution in [3.8, 4) is 0 Å². The van der Waals surface area contributed by atoms with Crippen molar-refractivity contribution in [3.63, 3.8) is 0 Å². The largest absolute Gasteiger partial charge is 0.376 e. The molecular formula is C17H16ClF2N3O. The van der Waals surface area contributed by atoms with Gasteiger partial charge in [-0.15, -0.1) is 0 Å². The van der Waals surface area contributed by atoms with E-state index in [4.69, 9.17) is 16.3 Å². The highest BCUT2D eigenvalue weighted by Crippen LogP contribution is 2.37. The fourth-order valence-electron chi connectivity index (χ4n) is 3.37. The van der Waals surface area contributed by atoms with Gasteiger partial charge in [-0.1, -0.05) is 12.1 Å². The summed E-state index contributed by atoms with van der Waals surface area (Å²) in [5, 5.41) is 0.139. The minimum atomic E-state index is -0.855. The lowest BCUT2D eigenvalue weighted by Gasteiger charge is -2.29. The molecule has 0 radical (unpaired) electrons. The monoisotopic (exact) mass is 351 g/mol. The first-order valence-corrected chi connectivity index (χ1v) is 8.28. The van der Waals surface area contributed by atoms with Crippen LogP contribution >= 0.6 is 11.6 Å². The highest BCUT2D eigenvalue weighted by Gasteiger charge is 2.32. The van der Waals surface area contributed by atoms with Gasteiger partial charge < -0.3 is 9.64 Å². The van der Waals surface area contributed by atoms with E-state index in [1.54, 1.807) is 12.1 Å². The molecule has 1 unspecified atom stereocenters. The molecule has 0 spiro atoms. The van der Waals surface area contributed by atoms with Gasteiger partial charge in [0.25, 0.3) is 0 Å². The quantitative estimate of drug-likeness (QED) is 0.776. The van der Waals surface area contributed by atoms with Gasteiger partial charge in [0, 0.05) is 12.1 Å². The third-order valence-electron chi connectivity index (χ3n) is 4.55. The van der Waals surface area contributed by atoms with Gasteiger partial charge in [0.15, 0.2) is 0 Å². The molecule has 3 heterocycles. The molecule has 0 aliphatic carbocycles. The summed E-state index contributed by atoms with van der Waals surface area (Å²) in [6.07, 6.45) is -0.370. The standard InChI is InChI=1S/C17H16ClF2N3O/c18-17-21-15-13(10-1-3-11(19)4-2-10)8-24-9-14(15)16(22-17)23-6-5-12(20)7-23/h1-4,12-13H,5-9H2/t12-,13?/m1/s1. The maximum Gasteiger partial charge on any atom is 0.224 e. The molecule has 1 saturated heterocycles. The van der Waals surface area contributed by atoms with Crippen LogP contribution in [0.25, 0.3) is 0 Å². The van der Waals surface area contributed by atoms with Crippen LogP contribution in [0.2, 0.25) is 5.28 Å². The summed E-state index contributed by atoms with van der Waals surface area (Å²) in [7, 11) is 0. The lowest BCUT2D eigenvalue weighted by atomic mass is 9.91. The molecule has 2 atom stereocenters. The molecule has 4 rings (SSSR count). The molecule has 126 valence electrons. The molecule has 0 N–H and O–H groups in total. The Bertz CT molecular complexity index is 756. The number of benzene rings is 1. The molecule has 0 amide bonds. The Kier molecular flexibility index (Phi) is 4.10. The van der Waals surface area contributed by atoms with Gasteiger partial charge in [0.1, 0.15) is 17.8 Å². The van der Waals surface area contributed by atoms with Crippen molar-refractivity contribution in [3.05, 3.63) is 52.2 Å². The number of alkyl halides is 1. The first kappa shape index (κ1) is 15.7. The summed E-state index contributed by atoms with van der Waals surface area (Å²) in [6.45, 7) is 1.72. The zero-order valence-electron chi connectivity index (χ0n) is 12.9. The second-order valence-electron chi connectivity index (χ2n) is 6.13. The molecule has 1 fully saturated rings. The molecule has 0 saturated carbocycles. The summed E-state index contributed by atoms with van der Waals surface area (Å²) in [5.41, 5.74) is 2.53. The van der Waals surface area contributed by atoms with E-state index in [-0.39, 0.29) is 17.0 Å². The van der Waals surface area contributed by atoms with Gasteiger partial charge in [0.05, 0.1) is 31.4 Å². The normalized spacial score (nSPS) is 23.4. The second kappa shape index (κ2) is 6.26. The lowest BCUT2D eigenvalue weighted by molar-refractivity contribution is 0.0975. The topological polar surface area (TPSA) is 38.3 Å². The smallest absolute Gasteiger partial charge is 0.224 e. The molecular weight excluding hydrogens is 336 g/mol. The van der Waals surface area contributed by atoms with Crippen LogP contribution in [0.15, 0.2) is 24.3 Å². The van der Waals surface area contributed by atoms with Gasteiger partial charge in [-0.25, -0.2) is 18.7 Å². The molecule has 0 bridgehead atoms. The van der Waals surface area contributed by atoms with Crippen molar-refractivity contribution in [1.82, 2.24) is 9.97 Å². The molecule has 2 aliphatic rings. The van der Waals surface area contributed by atoms with E-state index in [2.05, 4.69) is 9.97 Å². The summed E-state index contributed by atoms with van der Waals surface area (Å²) in [5.74, 6) is 0.220. The number of hydrogen-bond acceptors (Lipinski definition) is 4. The molecule has 1 aromatic heterocycles. The van der Waals surface area contributed by atoms with Gasteiger partial charge in [-0.05, 0) is 35.7 Å². The first-order chi connectivity index (χ1) is 11.6. The van der Waals surface area contributed by atoms with Crippen LogP contribution in [0, 0.1) is 5.82 Å². The van der Waals surface area contributed by atoms with Crippen LogP contribution in [0.5, 0.6) is 0 Å². The number of aromatic nitrogens is 2. The third-order valence-corrected chi connectivity index (χ3v) is 4.72. The van der Waals surface area contributed by atoms with Gasteiger partial charge >= 0.3 is 0 Å². The van der Waals surface area contributed by atoms with Crippen LogP contribution in [-0.2, 0) is 11.3 Å². The van der Waals surface area contributed by atoms with E-state index in [9.17, 15) is 8.78 Å². The average Bonchev–Trinajstić information content (AvgIpc) is 3.01. The molecule has 1 aromatic carbocycles.